The van der Waals surface area contributed by atoms with Crippen molar-refractivity contribution in [2.45, 2.75) is 53.1 Å². The number of benzene rings is 1. The molecule has 0 aliphatic heterocycles. The highest BCUT2D eigenvalue weighted by atomic mass is 16.5. The second-order valence-corrected chi connectivity index (χ2v) is 10.9. The average Bonchev–Trinajstić information content (AvgIpc) is 3.66. The molecule has 1 aromatic carbocycles. The van der Waals surface area contributed by atoms with Crippen LogP contribution >= 0.6 is 0 Å². The number of aliphatic hydroxyl groups is 1. The van der Waals surface area contributed by atoms with Gasteiger partial charge in [0.1, 0.15) is 17.0 Å². The summed E-state index contributed by atoms with van der Waals surface area (Å²) < 4.78 is 7.96. The third kappa shape index (κ3) is 4.63. The van der Waals surface area contributed by atoms with Gasteiger partial charge in [-0.2, -0.15) is 0 Å². The smallest absolute Gasteiger partial charge is 0.274 e. The lowest BCUT2D eigenvalue weighted by molar-refractivity contribution is -0.0326. The van der Waals surface area contributed by atoms with E-state index in [1.54, 1.807) is 25.5 Å². The van der Waals surface area contributed by atoms with Crippen molar-refractivity contribution < 1.29 is 14.6 Å². The minimum atomic E-state index is -1.04. The first kappa shape index (κ1) is 26.7. The highest BCUT2D eigenvalue weighted by molar-refractivity contribution is 6.03. The van der Waals surface area contributed by atoms with E-state index in [1.807, 2.05) is 58.9 Å². The zero-order valence-electron chi connectivity index (χ0n) is 23.4. The number of H-pyrrole nitrogens is 1. The van der Waals surface area contributed by atoms with Gasteiger partial charge in [-0.3, -0.25) is 9.59 Å². The molecule has 1 aliphatic rings. The monoisotopic (exact) mass is 528 g/mol. The molecule has 1 atom stereocenters. The average molecular weight is 529 g/mol. The molecule has 5 rings (SSSR count). The summed E-state index contributed by atoms with van der Waals surface area (Å²) in [5, 5.41) is 15.3. The standard InChI is InChI=1S/C31H36N4O4/c1-7-32-28(36)25-14-22-24(16-35(6)30(37)26(22)34-25)23-13-21(31(38,17(2)3)20-11-12-20)15-33-29(23)39-27-18(4)9-8-10-19(27)5/h8-10,13-17,20,34,38H,7,11-12H2,1-6H3,(H,32,36). The normalized spacial score (nSPS) is 15.0. The van der Waals surface area contributed by atoms with E-state index in [0.717, 1.165) is 24.0 Å². The number of aromatic nitrogens is 3. The summed E-state index contributed by atoms with van der Waals surface area (Å²) in [7, 11) is 1.68. The zero-order chi connectivity index (χ0) is 28.1. The van der Waals surface area contributed by atoms with Crippen LogP contribution in [0.4, 0.5) is 0 Å². The SMILES string of the molecule is CCNC(=O)c1cc2c(-c3cc(C(O)(C(C)C)C4CC4)cnc3Oc3c(C)cccc3C)cn(C)c(=O)c2[nH]1. The van der Waals surface area contributed by atoms with E-state index < -0.39 is 5.60 Å². The number of pyridine rings is 2. The number of para-hydroxylation sites is 1. The van der Waals surface area contributed by atoms with Crippen molar-refractivity contribution in [2.24, 2.45) is 18.9 Å². The predicted octanol–water partition coefficient (Wildman–Crippen LogP) is 5.34. The molecule has 39 heavy (non-hydrogen) atoms. The molecule has 1 unspecified atom stereocenters. The fourth-order valence-electron chi connectivity index (χ4n) is 5.49. The maximum Gasteiger partial charge on any atom is 0.274 e. The molecule has 4 aromatic rings. The van der Waals surface area contributed by atoms with Crippen LogP contribution in [0.5, 0.6) is 11.6 Å². The van der Waals surface area contributed by atoms with E-state index in [9.17, 15) is 14.7 Å². The molecule has 1 amide bonds. The van der Waals surface area contributed by atoms with Gasteiger partial charge in [-0.1, -0.05) is 32.0 Å². The minimum Gasteiger partial charge on any atom is -0.438 e. The van der Waals surface area contributed by atoms with Gasteiger partial charge < -0.3 is 24.7 Å². The molecule has 8 nitrogen and oxygen atoms in total. The van der Waals surface area contributed by atoms with E-state index in [2.05, 4.69) is 10.3 Å². The Morgan fingerprint density at radius 3 is 2.54 bits per heavy atom. The number of rotatable bonds is 8. The van der Waals surface area contributed by atoms with Crippen LogP contribution < -0.4 is 15.6 Å². The van der Waals surface area contributed by atoms with Gasteiger partial charge in [0.2, 0.25) is 5.88 Å². The fraction of sp³-hybridized carbons (Fsp3) is 0.387. The number of hydrogen-bond acceptors (Lipinski definition) is 5. The van der Waals surface area contributed by atoms with Crippen molar-refractivity contribution in [2.75, 3.05) is 6.54 Å². The molecule has 3 aromatic heterocycles. The molecule has 1 fully saturated rings. The van der Waals surface area contributed by atoms with Gasteiger partial charge in [-0.15, -0.1) is 0 Å². The summed E-state index contributed by atoms with van der Waals surface area (Å²) in [5.41, 5.74) is 3.29. The molecule has 1 aliphatic carbocycles. The number of nitrogens with one attached hydrogen (secondary N) is 2. The number of hydrogen-bond donors (Lipinski definition) is 3. The van der Waals surface area contributed by atoms with Crippen LogP contribution in [0.15, 0.2) is 47.5 Å². The van der Waals surface area contributed by atoms with Crippen molar-refractivity contribution >= 4 is 16.8 Å². The molecular weight excluding hydrogens is 492 g/mol. The van der Waals surface area contributed by atoms with E-state index in [4.69, 9.17) is 9.72 Å². The number of ether oxygens (including phenoxy) is 1. The van der Waals surface area contributed by atoms with Gasteiger partial charge in [0.25, 0.3) is 11.5 Å². The summed E-state index contributed by atoms with van der Waals surface area (Å²) in [4.78, 5) is 33.5. The zero-order valence-corrected chi connectivity index (χ0v) is 23.4. The summed E-state index contributed by atoms with van der Waals surface area (Å²) in [6, 6.07) is 9.58. The second kappa shape index (κ2) is 10.0. The van der Waals surface area contributed by atoms with E-state index >= 15 is 0 Å². The Morgan fingerprint density at radius 1 is 1.23 bits per heavy atom. The molecule has 3 heterocycles. The first-order valence-corrected chi connectivity index (χ1v) is 13.5. The van der Waals surface area contributed by atoms with Gasteiger partial charge in [0, 0.05) is 48.1 Å². The van der Waals surface area contributed by atoms with Crippen LogP contribution in [0.1, 0.15) is 60.8 Å². The maximum atomic E-state index is 13.1. The highest BCUT2D eigenvalue weighted by Crippen LogP contribution is 2.51. The fourth-order valence-corrected chi connectivity index (χ4v) is 5.49. The van der Waals surface area contributed by atoms with Crippen LogP contribution in [0.2, 0.25) is 0 Å². The largest absolute Gasteiger partial charge is 0.438 e. The number of carbonyl (C=O) groups is 1. The third-order valence-electron chi connectivity index (χ3n) is 7.84. The van der Waals surface area contributed by atoms with Crippen LogP contribution in [0, 0.1) is 25.7 Å². The number of nitrogens with zero attached hydrogens (tertiary/aromatic N) is 2. The van der Waals surface area contributed by atoms with Crippen LogP contribution in [-0.4, -0.2) is 32.1 Å². The first-order chi connectivity index (χ1) is 18.6. The Bertz CT molecular complexity index is 1610. The number of aromatic amines is 1. The maximum absolute atomic E-state index is 13.1. The number of carbonyl (C=O) groups excluding carboxylic acids is 1. The molecule has 3 N–H and O–H groups in total. The summed E-state index contributed by atoms with van der Waals surface area (Å²) >= 11 is 0. The van der Waals surface area contributed by atoms with E-state index in [-0.39, 0.29) is 23.3 Å². The Labute approximate surface area is 228 Å². The van der Waals surface area contributed by atoms with Crippen molar-refractivity contribution in [1.82, 2.24) is 19.9 Å². The Balaban J connectivity index is 1.78. The molecule has 0 saturated heterocycles. The summed E-state index contributed by atoms with van der Waals surface area (Å²) in [5.74, 6) is 0.914. The van der Waals surface area contributed by atoms with Gasteiger partial charge in [0.15, 0.2) is 0 Å². The van der Waals surface area contributed by atoms with Crippen molar-refractivity contribution in [3.8, 4) is 22.8 Å². The van der Waals surface area contributed by atoms with Gasteiger partial charge in [-0.05, 0) is 68.7 Å². The number of aryl methyl sites for hydroxylation is 3. The lowest BCUT2D eigenvalue weighted by Gasteiger charge is -2.33. The van der Waals surface area contributed by atoms with E-state index in [0.29, 0.717) is 51.5 Å². The summed E-state index contributed by atoms with van der Waals surface area (Å²) in [6.45, 7) is 10.3. The molecular formula is C31H36N4O4. The molecule has 1 saturated carbocycles. The first-order valence-electron chi connectivity index (χ1n) is 13.5. The lowest BCUT2D eigenvalue weighted by atomic mass is 9.79. The van der Waals surface area contributed by atoms with Crippen molar-refractivity contribution in [1.29, 1.82) is 0 Å². The van der Waals surface area contributed by atoms with Crippen LogP contribution in [-0.2, 0) is 12.6 Å². The molecule has 204 valence electrons. The quantitative estimate of drug-likeness (QED) is 0.286. The van der Waals surface area contributed by atoms with Crippen molar-refractivity contribution in [3.05, 3.63) is 75.5 Å². The molecule has 8 heteroatoms. The predicted molar refractivity (Wildman–Crippen MR) is 152 cm³/mol. The molecule has 0 bridgehead atoms. The Kier molecular flexibility index (Phi) is 6.84. The van der Waals surface area contributed by atoms with Crippen molar-refractivity contribution in [3.63, 3.8) is 0 Å². The van der Waals surface area contributed by atoms with E-state index in [1.165, 1.54) is 4.57 Å². The number of amides is 1. The molecule has 0 spiro atoms. The lowest BCUT2D eigenvalue weighted by Crippen LogP contribution is -2.34. The van der Waals surface area contributed by atoms with Gasteiger partial charge >= 0.3 is 0 Å². The highest BCUT2D eigenvalue weighted by Gasteiger charge is 2.47. The summed E-state index contributed by atoms with van der Waals surface area (Å²) in [6.07, 6.45) is 5.37. The van der Waals surface area contributed by atoms with Gasteiger partial charge in [0.05, 0.1) is 5.60 Å². The van der Waals surface area contributed by atoms with Crippen LogP contribution in [0.3, 0.4) is 0 Å². The Morgan fingerprint density at radius 2 is 1.92 bits per heavy atom. The minimum absolute atomic E-state index is 0.0261. The molecule has 0 radical (unpaired) electrons. The topological polar surface area (TPSA) is 109 Å². The number of fused-ring (bicyclic) bond motifs is 1. The third-order valence-corrected chi connectivity index (χ3v) is 7.84. The van der Waals surface area contributed by atoms with Crippen LogP contribution in [0.25, 0.3) is 22.0 Å². The van der Waals surface area contributed by atoms with Gasteiger partial charge in [-0.25, -0.2) is 4.98 Å². The Hall–Kier alpha value is -3.91. The second-order valence-electron chi connectivity index (χ2n) is 10.9.